The van der Waals surface area contributed by atoms with Crippen LogP contribution < -0.4 is 0 Å². The van der Waals surface area contributed by atoms with E-state index in [1.165, 1.54) is 12.1 Å². The minimum absolute atomic E-state index is 0.236. The molecule has 1 aromatic carbocycles. The van der Waals surface area contributed by atoms with Crippen molar-refractivity contribution >= 4 is 0 Å². The number of aromatic nitrogens is 2. The van der Waals surface area contributed by atoms with Gasteiger partial charge in [0.25, 0.3) is 0 Å². The highest BCUT2D eigenvalue weighted by atomic mass is 16.7. The molecule has 0 fully saturated rings. The van der Waals surface area contributed by atoms with Gasteiger partial charge in [-0.1, -0.05) is 35.5 Å². The highest BCUT2D eigenvalue weighted by Crippen LogP contribution is 2.27. The van der Waals surface area contributed by atoms with E-state index in [-0.39, 0.29) is 5.82 Å². The van der Waals surface area contributed by atoms with E-state index >= 15 is 0 Å². The van der Waals surface area contributed by atoms with Gasteiger partial charge in [-0.3, -0.25) is 30.3 Å². The first-order chi connectivity index (χ1) is 9.90. The molecule has 2 aromatic rings. The Labute approximate surface area is 114 Å². The fourth-order valence-electron chi connectivity index (χ4n) is 1.50. The molecule has 1 heterocycles. The van der Waals surface area contributed by atoms with E-state index in [0.717, 1.165) is 0 Å². The Morgan fingerprint density at radius 2 is 1.48 bits per heavy atom. The first-order valence-electron chi connectivity index (χ1n) is 5.23. The molecule has 0 amide bonds. The summed E-state index contributed by atoms with van der Waals surface area (Å²) in [4.78, 5) is 30.9. The Hall–Kier alpha value is -3.44. The van der Waals surface area contributed by atoms with Gasteiger partial charge in [-0.15, -0.1) is 0 Å². The molecule has 21 heavy (non-hydrogen) atoms. The number of nitrogens with zero attached hydrogens (tertiary/aromatic N) is 5. The fraction of sp³-hybridized carbons (Fsp3) is 0.111. The Balaban J connectivity index is 2.59. The first-order valence-corrected chi connectivity index (χ1v) is 5.23. The lowest BCUT2D eigenvalue weighted by Gasteiger charge is -2.03. The molecule has 2 rings (SSSR count). The molecule has 0 N–H and O–H groups in total. The van der Waals surface area contributed by atoms with Crippen LogP contribution in [0.15, 0.2) is 34.9 Å². The Kier molecular flexibility index (Phi) is 3.27. The zero-order chi connectivity index (χ0) is 15.6. The molecule has 0 saturated heterocycles. The third-order valence-electron chi connectivity index (χ3n) is 2.51. The molecule has 1 aromatic heterocycles. The van der Waals surface area contributed by atoms with E-state index in [1.54, 1.807) is 18.2 Å². The van der Waals surface area contributed by atoms with Crippen LogP contribution in [0.3, 0.4) is 0 Å². The predicted octanol–water partition coefficient (Wildman–Crippen LogP) is 0.677. The van der Waals surface area contributed by atoms with Crippen molar-refractivity contribution in [2.75, 3.05) is 0 Å². The summed E-state index contributed by atoms with van der Waals surface area (Å²) in [6, 6.07) is 7.85. The lowest BCUT2D eigenvalue weighted by molar-refractivity contribution is -0.989. The largest absolute Gasteiger partial charge is 0.782 e. The molecule has 0 aliphatic carbocycles. The smallest absolute Gasteiger partial charge is 0.315 e. The first kappa shape index (κ1) is 14.0. The zero-order valence-electron chi connectivity index (χ0n) is 9.98. The van der Waals surface area contributed by atoms with Crippen molar-refractivity contribution in [3.05, 3.63) is 66.6 Å². The molecule has 0 saturated carbocycles. The Bertz CT molecular complexity index is 676. The van der Waals surface area contributed by atoms with Crippen LogP contribution in [0.2, 0.25) is 0 Å². The van der Waals surface area contributed by atoms with Crippen LogP contribution >= 0.6 is 0 Å². The number of benzene rings is 1. The van der Waals surface area contributed by atoms with Crippen molar-refractivity contribution in [1.82, 2.24) is 10.1 Å². The normalized spacial score (nSPS) is 11.0. The monoisotopic (exact) mass is 295 g/mol. The van der Waals surface area contributed by atoms with Gasteiger partial charge < -0.3 is 4.52 Å². The van der Waals surface area contributed by atoms with Crippen LogP contribution in [-0.2, 0) is 5.79 Å². The lowest BCUT2D eigenvalue weighted by atomic mass is 10.2. The summed E-state index contributed by atoms with van der Waals surface area (Å²) in [7, 11) is 0. The van der Waals surface area contributed by atoms with Gasteiger partial charge in [0.1, 0.15) is 0 Å². The van der Waals surface area contributed by atoms with Crippen LogP contribution in [0.4, 0.5) is 0 Å². The van der Waals surface area contributed by atoms with Gasteiger partial charge in [0, 0.05) is 5.56 Å². The van der Waals surface area contributed by atoms with Gasteiger partial charge in [0.2, 0.25) is 5.82 Å². The van der Waals surface area contributed by atoms with Crippen molar-refractivity contribution in [1.29, 1.82) is 0 Å². The lowest BCUT2D eigenvalue weighted by Crippen LogP contribution is -2.50. The third-order valence-corrected chi connectivity index (χ3v) is 2.51. The molecule has 0 unspecified atom stereocenters. The third kappa shape index (κ3) is 2.03. The molecule has 0 spiro atoms. The average molecular weight is 295 g/mol. The Morgan fingerprint density at radius 1 is 0.952 bits per heavy atom. The highest BCUT2D eigenvalue weighted by molar-refractivity contribution is 5.53. The van der Waals surface area contributed by atoms with Gasteiger partial charge in [0.15, 0.2) is 14.8 Å². The second kappa shape index (κ2) is 4.92. The molecule has 0 aliphatic rings. The van der Waals surface area contributed by atoms with Crippen molar-refractivity contribution < 1.29 is 19.3 Å². The molecule has 12 heteroatoms. The van der Waals surface area contributed by atoms with Crippen LogP contribution in [0.5, 0.6) is 0 Å². The number of rotatable bonds is 5. The maximum atomic E-state index is 10.8. The van der Waals surface area contributed by atoms with Crippen molar-refractivity contribution in [2.24, 2.45) is 0 Å². The number of hydrogen-bond donors (Lipinski definition) is 0. The van der Waals surface area contributed by atoms with Crippen molar-refractivity contribution in [3.8, 4) is 11.4 Å². The molecule has 108 valence electrons. The minimum atomic E-state index is -3.93. The van der Waals surface area contributed by atoms with Gasteiger partial charge in [-0.25, -0.2) is 0 Å². The summed E-state index contributed by atoms with van der Waals surface area (Å²) in [6.07, 6.45) is 0. The highest BCUT2D eigenvalue weighted by Gasteiger charge is 2.78. The summed E-state index contributed by atoms with van der Waals surface area (Å²) in [6.45, 7) is 0. The number of nitro groups is 3. The van der Waals surface area contributed by atoms with Gasteiger partial charge in [0.05, 0.1) is 0 Å². The predicted molar refractivity (Wildman–Crippen MR) is 62.4 cm³/mol. The van der Waals surface area contributed by atoms with Gasteiger partial charge >= 0.3 is 11.7 Å². The average Bonchev–Trinajstić information content (AvgIpc) is 2.89. The topological polar surface area (TPSA) is 168 Å². The SMILES string of the molecule is O=[N+]([O-])C(c1nc(-c2ccccc2)no1)([N+](=O)[O-])[N+](=O)[O-]. The summed E-state index contributed by atoms with van der Waals surface area (Å²) >= 11 is 0. The Morgan fingerprint density at radius 3 is 1.95 bits per heavy atom. The van der Waals surface area contributed by atoms with Crippen molar-refractivity contribution in [2.45, 2.75) is 5.79 Å². The van der Waals surface area contributed by atoms with E-state index in [9.17, 15) is 30.3 Å². The summed E-state index contributed by atoms with van der Waals surface area (Å²) < 4.78 is 4.38. The molecular weight excluding hydrogens is 290 g/mol. The van der Waals surface area contributed by atoms with E-state index in [1.807, 2.05) is 0 Å². The maximum Gasteiger partial charge on any atom is 0.782 e. The summed E-state index contributed by atoms with van der Waals surface area (Å²) in [5, 5.41) is 35.8. The molecule has 0 aliphatic heterocycles. The molecule has 0 bridgehead atoms. The van der Waals surface area contributed by atoms with Crippen molar-refractivity contribution in [3.63, 3.8) is 0 Å². The van der Waals surface area contributed by atoms with E-state index < -0.39 is 26.4 Å². The quantitative estimate of drug-likeness (QED) is 0.437. The molecule has 0 radical (unpaired) electrons. The molecule has 0 atom stereocenters. The standard InChI is InChI=1S/C9H5N5O7/c15-12(16)9(13(17)18,14(19)20)8-10-7(11-21-8)6-4-2-1-3-5-6/h1-5H. The van der Waals surface area contributed by atoms with Gasteiger partial charge in [-0.05, 0) is 0 Å². The minimum Gasteiger partial charge on any atom is -0.315 e. The van der Waals surface area contributed by atoms with E-state index in [0.29, 0.717) is 5.56 Å². The van der Waals surface area contributed by atoms with E-state index in [2.05, 4.69) is 14.7 Å². The molecular formula is C9H5N5O7. The van der Waals surface area contributed by atoms with Crippen LogP contribution in [0.1, 0.15) is 5.89 Å². The second-order valence-electron chi connectivity index (χ2n) is 3.70. The van der Waals surface area contributed by atoms with E-state index in [4.69, 9.17) is 0 Å². The maximum absolute atomic E-state index is 10.8. The summed E-state index contributed by atoms with van der Waals surface area (Å²) in [5.74, 6) is -5.50. The zero-order valence-corrected chi connectivity index (χ0v) is 9.98. The second-order valence-corrected chi connectivity index (χ2v) is 3.70. The number of hydrogen-bond acceptors (Lipinski definition) is 9. The molecule has 12 nitrogen and oxygen atoms in total. The van der Waals surface area contributed by atoms with Crippen LogP contribution in [0, 0.1) is 30.3 Å². The van der Waals surface area contributed by atoms with Crippen LogP contribution in [0.25, 0.3) is 11.4 Å². The fourth-order valence-corrected chi connectivity index (χ4v) is 1.50. The summed E-state index contributed by atoms with van der Waals surface area (Å²) in [5.41, 5.74) is 0.330. The van der Waals surface area contributed by atoms with Crippen LogP contribution in [-0.4, -0.2) is 24.9 Å². The van der Waals surface area contributed by atoms with Gasteiger partial charge in [-0.2, -0.15) is 4.98 Å².